The number of aliphatic imine (C=N–C) groups is 1. The van der Waals surface area contributed by atoms with Crippen LogP contribution in [0.1, 0.15) is 12.5 Å². The van der Waals surface area contributed by atoms with Gasteiger partial charge in [0.25, 0.3) is 0 Å². The van der Waals surface area contributed by atoms with E-state index in [-0.39, 0.29) is 24.0 Å². The molecule has 0 aliphatic rings. The molecule has 0 fully saturated rings. The van der Waals surface area contributed by atoms with Crippen molar-refractivity contribution in [2.75, 3.05) is 32.6 Å². The molecule has 0 aliphatic heterocycles. The molecular weight excluding hydrogens is 429 g/mol. The summed E-state index contributed by atoms with van der Waals surface area (Å²) in [6.45, 7) is 3.34. The van der Waals surface area contributed by atoms with Gasteiger partial charge in [0.15, 0.2) is 17.5 Å². The van der Waals surface area contributed by atoms with Gasteiger partial charge in [0.2, 0.25) is 0 Å². The van der Waals surface area contributed by atoms with Crippen molar-refractivity contribution in [3.8, 4) is 11.5 Å². The van der Waals surface area contributed by atoms with Gasteiger partial charge in [-0.3, -0.25) is 4.99 Å². The molecule has 0 bridgehead atoms. The maximum atomic E-state index is 5.60. The van der Waals surface area contributed by atoms with Crippen LogP contribution in [0.2, 0.25) is 0 Å². The lowest BCUT2D eigenvalue weighted by Gasteiger charge is -2.14. The third-order valence-electron chi connectivity index (χ3n) is 3.50. The summed E-state index contributed by atoms with van der Waals surface area (Å²) >= 11 is 0. The zero-order valence-electron chi connectivity index (χ0n) is 14.9. The monoisotopic (exact) mass is 455 g/mol. The Morgan fingerprint density at radius 1 is 1.08 bits per heavy atom. The van der Waals surface area contributed by atoms with Crippen molar-refractivity contribution < 1.29 is 9.47 Å². The van der Waals surface area contributed by atoms with Crippen molar-refractivity contribution in [3.63, 3.8) is 0 Å². The Hall–Kier alpha value is -1.96. The molecule has 2 aromatic carbocycles. The van der Waals surface area contributed by atoms with E-state index >= 15 is 0 Å². The minimum Gasteiger partial charge on any atom is -0.493 e. The maximum absolute atomic E-state index is 5.60. The summed E-state index contributed by atoms with van der Waals surface area (Å²) in [7, 11) is 3.39. The number of hydrogen-bond donors (Lipinski definition) is 2. The van der Waals surface area contributed by atoms with Crippen molar-refractivity contribution in [3.05, 3.63) is 54.1 Å². The van der Waals surface area contributed by atoms with Crippen molar-refractivity contribution in [1.82, 2.24) is 5.32 Å². The standard InChI is InChI=1S/C19H25N3O2.HI/c1-4-24-18-14-16(10-11-17(18)23-3)22-19(20-2)21-13-12-15-8-6-5-7-9-15;/h5-11,14H,4,12-13H2,1-3H3,(H2,20,21,22);1H. The van der Waals surface area contributed by atoms with Crippen LogP contribution in [-0.4, -0.2) is 33.3 Å². The number of halogens is 1. The lowest BCUT2D eigenvalue weighted by molar-refractivity contribution is 0.311. The maximum Gasteiger partial charge on any atom is 0.195 e. The molecule has 5 nitrogen and oxygen atoms in total. The number of nitrogens with zero attached hydrogens (tertiary/aromatic N) is 1. The molecule has 0 saturated carbocycles. The van der Waals surface area contributed by atoms with E-state index in [2.05, 4.69) is 39.9 Å². The lowest BCUT2D eigenvalue weighted by atomic mass is 10.1. The van der Waals surface area contributed by atoms with E-state index < -0.39 is 0 Å². The molecule has 2 rings (SSSR count). The van der Waals surface area contributed by atoms with Gasteiger partial charge in [-0.1, -0.05) is 30.3 Å². The Morgan fingerprint density at radius 2 is 1.84 bits per heavy atom. The zero-order valence-corrected chi connectivity index (χ0v) is 17.2. The number of ether oxygens (including phenoxy) is 2. The molecule has 0 amide bonds. The third kappa shape index (κ3) is 6.81. The molecule has 0 saturated heterocycles. The molecule has 2 aromatic rings. The highest BCUT2D eigenvalue weighted by Gasteiger charge is 2.06. The highest BCUT2D eigenvalue weighted by Crippen LogP contribution is 2.30. The van der Waals surface area contributed by atoms with E-state index in [0.717, 1.165) is 30.4 Å². The molecule has 136 valence electrons. The minimum atomic E-state index is 0. The summed E-state index contributed by atoms with van der Waals surface area (Å²) in [5, 5.41) is 6.58. The van der Waals surface area contributed by atoms with Crippen LogP contribution in [-0.2, 0) is 6.42 Å². The summed E-state index contributed by atoms with van der Waals surface area (Å²) in [4.78, 5) is 4.26. The molecule has 0 heterocycles. The van der Waals surface area contributed by atoms with Gasteiger partial charge in [-0.2, -0.15) is 0 Å². The van der Waals surface area contributed by atoms with Crippen LogP contribution in [0, 0.1) is 0 Å². The van der Waals surface area contributed by atoms with Crippen LogP contribution in [0.15, 0.2) is 53.5 Å². The second-order valence-electron chi connectivity index (χ2n) is 5.16. The molecule has 0 radical (unpaired) electrons. The molecule has 0 unspecified atom stereocenters. The van der Waals surface area contributed by atoms with Crippen molar-refractivity contribution in [2.45, 2.75) is 13.3 Å². The number of methoxy groups -OCH3 is 1. The first-order chi connectivity index (χ1) is 11.8. The molecule has 2 N–H and O–H groups in total. The number of guanidine groups is 1. The average molecular weight is 455 g/mol. The topological polar surface area (TPSA) is 54.9 Å². The van der Waals surface area contributed by atoms with Crippen LogP contribution in [0.3, 0.4) is 0 Å². The van der Waals surface area contributed by atoms with Gasteiger partial charge in [0.1, 0.15) is 0 Å². The van der Waals surface area contributed by atoms with Gasteiger partial charge in [-0.25, -0.2) is 0 Å². The SMILES string of the molecule is CCOc1cc(NC(=NC)NCCc2ccccc2)ccc1OC.I. The summed E-state index contributed by atoms with van der Waals surface area (Å²) < 4.78 is 10.9. The van der Waals surface area contributed by atoms with Gasteiger partial charge in [-0.15, -0.1) is 24.0 Å². The van der Waals surface area contributed by atoms with Gasteiger partial charge in [-0.05, 0) is 31.0 Å². The second kappa shape index (κ2) is 11.6. The highest BCUT2D eigenvalue weighted by atomic mass is 127. The fourth-order valence-electron chi connectivity index (χ4n) is 2.31. The Balaban J connectivity index is 0.00000312. The smallest absolute Gasteiger partial charge is 0.195 e. The molecule has 0 aromatic heterocycles. The van der Waals surface area contributed by atoms with E-state index in [0.29, 0.717) is 12.4 Å². The van der Waals surface area contributed by atoms with Crippen LogP contribution >= 0.6 is 24.0 Å². The van der Waals surface area contributed by atoms with E-state index in [1.54, 1.807) is 14.2 Å². The highest BCUT2D eigenvalue weighted by molar-refractivity contribution is 14.0. The summed E-state index contributed by atoms with van der Waals surface area (Å²) in [6.07, 6.45) is 0.939. The predicted molar refractivity (Wildman–Crippen MR) is 115 cm³/mol. The molecule has 0 atom stereocenters. The number of anilines is 1. The molecule has 25 heavy (non-hydrogen) atoms. The lowest BCUT2D eigenvalue weighted by Crippen LogP contribution is -2.32. The zero-order chi connectivity index (χ0) is 17.2. The fourth-order valence-corrected chi connectivity index (χ4v) is 2.31. The summed E-state index contributed by atoms with van der Waals surface area (Å²) in [5.41, 5.74) is 2.19. The van der Waals surface area contributed by atoms with Crippen LogP contribution < -0.4 is 20.1 Å². The number of nitrogens with one attached hydrogen (secondary N) is 2. The van der Waals surface area contributed by atoms with E-state index in [1.165, 1.54) is 5.56 Å². The third-order valence-corrected chi connectivity index (χ3v) is 3.50. The average Bonchev–Trinajstić information content (AvgIpc) is 2.62. The van der Waals surface area contributed by atoms with Gasteiger partial charge in [0.05, 0.1) is 13.7 Å². The summed E-state index contributed by atoms with van der Waals surface area (Å²) in [5.74, 6) is 2.15. The molecule has 6 heteroatoms. The van der Waals surface area contributed by atoms with Gasteiger partial charge in [0, 0.05) is 25.3 Å². The Kier molecular flexibility index (Phi) is 9.76. The van der Waals surface area contributed by atoms with Crippen molar-refractivity contribution in [1.29, 1.82) is 0 Å². The molecule has 0 aliphatic carbocycles. The normalized spacial score (nSPS) is 10.6. The number of benzene rings is 2. The number of rotatable bonds is 7. The summed E-state index contributed by atoms with van der Waals surface area (Å²) in [6, 6.07) is 16.1. The minimum absolute atomic E-state index is 0. The van der Waals surface area contributed by atoms with E-state index in [9.17, 15) is 0 Å². The second-order valence-corrected chi connectivity index (χ2v) is 5.16. The quantitative estimate of drug-likeness (QED) is 0.377. The first-order valence-electron chi connectivity index (χ1n) is 8.09. The van der Waals surface area contributed by atoms with E-state index in [1.807, 2.05) is 31.2 Å². The van der Waals surface area contributed by atoms with E-state index in [4.69, 9.17) is 9.47 Å². The Bertz CT molecular complexity index is 663. The van der Waals surface area contributed by atoms with Crippen LogP contribution in [0.5, 0.6) is 11.5 Å². The molecular formula is C19H26IN3O2. The largest absolute Gasteiger partial charge is 0.493 e. The van der Waals surface area contributed by atoms with Crippen molar-refractivity contribution in [2.24, 2.45) is 4.99 Å². The Labute approximate surface area is 166 Å². The fraction of sp³-hybridized carbons (Fsp3) is 0.316. The van der Waals surface area contributed by atoms with Crippen LogP contribution in [0.25, 0.3) is 0 Å². The van der Waals surface area contributed by atoms with Crippen LogP contribution in [0.4, 0.5) is 5.69 Å². The first-order valence-corrected chi connectivity index (χ1v) is 8.09. The molecule has 0 spiro atoms. The van der Waals surface area contributed by atoms with Gasteiger partial charge >= 0.3 is 0 Å². The van der Waals surface area contributed by atoms with Gasteiger partial charge < -0.3 is 20.1 Å². The predicted octanol–water partition coefficient (Wildman–Crippen LogP) is 3.94. The Morgan fingerprint density at radius 3 is 2.48 bits per heavy atom. The van der Waals surface area contributed by atoms with Crippen molar-refractivity contribution >= 4 is 35.6 Å². The first kappa shape index (κ1) is 21.1. The number of hydrogen-bond acceptors (Lipinski definition) is 3.